The molecule has 0 radical (unpaired) electrons. The maximum absolute atomic E-state index is 10.8. The van der Waals surface area contributed by atoms with Crippen LogP contribution >= 0.6 is 92.8 Å². The number of carboxylic acid groups (broad SMARTS) is 2. The molecule has 3 saturated heterocycles. The van der Waals surface area contributed by atoms with Gasteiger partial charge in [-0.25, -0.2) is 34.5 Å². The highest BCUT2D eigenvalue weighted by Gasteiger charge is 2.37. The zero-order valence-corrected chi connectivity index (χ0v) is 48.1. The Hall–Kier alpha value is -5.21. The van der Waals surface area contributed by atoms with Crippen molar-refractivity contribution in [3.8, 4) is 17.6 Å². The Kier molecular flexibility index (Phi) is 25.0. The molecule has 0 bridgehead atoms. The number of carbonyl (C=O) groups is 3. The van der Waals surface area contributed by atoms with E-state index in [1.807, 2.05) is 32.7 Å². The monoisotopic (exact) mass is 1240 g/mol. The number of aromatic hydroxyl groups is 1. The van der Waals surface area contributed by atoms with Crippen LogP contribution in [0.2, 0.25) is 41.2 Å². The molecule has 0 amide bonds. The maximum Gasteiger partial charge on any atom is 0.336 e. The van der Waals surface area contributed by atoms with Gasteiger partial charge >= 0.3 is 11.9 Å². The van der Waals surface area contributed by atoms with Gasteiger partial charge in [0.05, 0.1) is 65.0 Å². The molecule has 0 unspecified atom stereocenters. The molecule has 78 heavy (non-hydrogen) atoms. The highest BCUT2D eigenvalue weighted by molar-refractivity contribution is 6.34. The summed E-state index contributed by atoms with van der Waals surface area (Å²) in [5.41, 5.74) is 3.01. The van der Waals surface area contributed by atoms with Gasteiger partial charge in [-0.2, -0.15) is 0 Å². The van der Waals surface area contributed by atoms with E-state index in [0.29, 0.717) is 77.6 Å². The number of hydrogen-bond acceptors (Lipinski definition) is 18. The number of aromatic nitrogens is 6. The second-order valence-electron chi connectivity index (χ2n) is 16.1. The highest BCUT2D eigenvalue weighted by atomic mass is 35.5. The van der Waals surface area contributed by atoms with Gasteiger partial charge in [0.2, 0.25) is 11.8 Å². The molecule has 0 spiro atoms. The topological polar surface area (TPSA) is 283 Å². The lowest BCUT2D eigenvalue weighted by Crippen LogP contribution is -2.24. The Morgan fingerprint density at radius 3 is 1.26 bits per heavy atom. The summed E-state index contributed by atoms with van der Waals surface area (Å²) < 4.78 is 43.4. The van der Waals surface area contributed by atoms with Crippen molar-refractivity contribution in [2.24, 2.45) is 0 Å². The molecule has 3 aliphatic heterocycles. The molecule has 4 N–H and O–H groups in total. The van der Waals surface area contributed by atoms with Gasteiger partial charge in [-0.15, -0.1) is 0 Å². The van der Waals surface area contributed by atoms with Gasteiger partial charge in [-0.3, -0.25) is 14.6 Å². The van der Waals surface area contributed by atoms with E-state index in [0.717, 1.165) is 34.4 Å². The number of aromatic carboxylic acids is 2. The molecule has 0 aliphatic carbocycles. The van der Waals surface area contributed by atoms with Crippen LogP contribution in [0.25, 0.3) is 0 Å². The van der Waals surface area contributed by atoms with E-state index < -0.39 is 40.7 Å². The summed E-state index contributed by atoms with van der Waals surface area (Å²) >= 11 is 45.3. The minimum Gasteiger partial charge on any atom is -0.494 e. The lowest BCUT2D eigenvalue weighted by Gasteiger charge is -2.25. The number of H-pyrrole nitrogens is 1. The fourth-order valence-corrected chi connectivity index (χ4v) is 8.50. The molecular formula is C49H48Cl8N6O15. The van der Waals surface area contributed by atoms with Crippen LogP contribution in [0, 0.1) is 6.92 Å². The number of nitrogens with one attached hydrogen (secondary N) is 1. The Balaban J connectivity index is 0.000000203. The first-order chi connectivity index (χ1) is 36.6. The average Bonchev–Trinajstić information content (AvgIpc) is 4.17. The van der Waals surface area contributed by atoms with Crippen LogP contribution in [-0.4, -0.2) is 117 Å². The van der Waals surface area contributed by atoms with Crippen LogP contribution in [0.5, 0.6) is 17.6 Å². The molecule has 0 saturated carbocycles. The Morgan fingerprint density at radius 1 is 0.513 bits per heavy atom. The van der Waals surface area contributed by atoms with Crippen molar-refractivity contribution in [3.05, 3.63) is 157 Å². The van der Waals surface area contributed by atoms with E-state index in [2.05, 4.69) is 24.9 Å². The number of pyridine rings is 6. The molecule has 0 aromatic carbocycles. The number of ether oxygens (including phenoxy) is 8. The number of methoxy groups -OCH3 is 2. The van der Waals surface area contributed by atoms with E-state index in [1.165, 1.54) is 31.2 Å². The summed E-state index contributed by atoms with van der Waals surface area (Å²) in [5, 5.41) is 27.6. The summed E-state index contributed by atoms with van der Waals surface area (Å²) in [5.74, 6) is -4.10. The fraction of sp³-hybridized carbons (Fsp3) is 0.327. The number of hydrogen-bond donors (Lipinski definition) is 4. The smallest absolute Gasteiger partial charge is 0.336 e. The maximum atomic E-state index is 10.8. The number of aromatic amines is 1. The van der Waals surface area contributed by atoms with E-state index in [-0.39, 0.29) is 37.5 Å². The quantitative estimate of drug-likeness (QED) is 0.0814. The fourth-order valence-electron chi connectivity index (χ4n) is 6.73. The number of ketones is 1. The third kappa shape index (κ3) is 19.9. The van der Waals surface area contributed by atoms with Crippen LogP contribution in [-0.2, 0) is 45.8 Å². The minimum atomic E-state index is -1.24. The normalized spacial score (nSPS) is 15.2. The zero-order chi connectivity index (χ0) is 58.1. The van der Waals surface area contributed by atoms with Gasteiger partial charge in [0.15, 0.2) is 29.0 Å². The van der Waals surface area contributed by atoms with Crippen molar-refractivity contribution in [2.75, 3.05) is 53.9 Å². The van der Waals surface area contributed by atoms with Crippen LogP contribution in [0.4, 0.5) is 0 Å². The molecular weight excluding hydrogens is 1200 g/mol. The summed E-state index contributed by atoms with van der Waals surface area (Å²) in [7, 11) is 3.11. The first kappa shape index (κ1) is 65.3. The van der Waals surface area contributed by atoms with Crippen molar-refractivity contribution in [1.82, 2.24) is 29.9 Å². The first-order valence-corrected chi connectivity index (χ1v) is 25.3. The van der Waals surface area contributed by atoms with E-state index in [1.54, 1.807) is 44.6 Å². The zero-order valence-electron chi connectivity index (χ0n) is 42.1. The largest absolute Gasteiger partial charge is 0.494 e. The number of carboxylic acids is 2. The molecule has 3 aliphatic rings. The van der Waals surface area contributed by atoms with Crippen molar-refractivity contribution in [3.63, 3.8) is 0 Å². The van der Waals surface area contributed by atoms with Crippen molar-refractivity contribution < 1.29 is 67.6 Å². The Bertz CT molecular complexity index is 3000. The van der Waals surface area contributed by atoms with Gasteiger partial charge in [0, 0.05) is 46.0 Å². The van der Waals surface area contributed by atoms with Crippen molar-refractivity contribution in [1.29, 1.82) is 0 Å². The number of carbonyl (C=O) groups excluding carboxylic acids is 1. The molecule has 3 fully saturated rings. The van der Waals surface area contributed by atoms with E-state index >= 15 is 0 Å². The van der Waals surface area contributed by atoms with Gasteiger partial charge < -0.3 is 53.2 Å². The lowest BCUT2D eigenvalue weighted by atomic mass is 10.0. The Morgan fingerprint density at radius 2 is 0.872 bits per heavy atom. The van der Waals surface area contributed by atoms with Crippen LogP contribution < -0.4 is 15.0 Å². The van der Waals surface area contributed by atoms with Crippen LogP contribution in [0.15, 0.2) is 71.5 Å². The minimum absolute atomic E-state index is 0.0370. The Labute approximate surface area is 485 Å². The molecule has 420 valence electrons. The van der Waals surface area contributed by atoms with E-state index in [9.17, 15) is 19.2 Å². The van der Waals surface area contributed by atoms with Gasteiger partial charge in [-0.1, -0.05) is 92.8 Å². The number of Topliss-reactive ketones (excluding diaryl/α,β-unsaturated/α-hetero) is 1. The SMILES string of the molecule is CC(=O)c1cc(Cl)nc(Cl)c1.CC1(c2cc(Cl)nc(Cl)c2)OCCO1.COc1cc(C2(C)OCCO2)cc(Cl)n1.COc1nc(Cl)cc(C2(C)OCCO2)c1C.O=C(O)c1cc(Cl)nc(Cl)c1.O=C(O)c1cc(O)[nH]c(=O)c1. The summed E-state index contributed by atoms with van der Waals surface area (Å²) in [6.45, 7) is 12.4. The van der Waals surface area contributed by atoms with Crippen molar-refractivity contribution >= 4 is 111 Å². The molecule has 21 nitrogen and oxygen atoms in total. The second kappa shape index (κ2) is 29.8. The molecule has 9 heterocycles. The number of halogens is 8. The van der Waals surface area contributed by atoms with Gasteiger partial charge in [0.25, 0.3) is 5.56 Å². The predicted octanol–water partition coefficient (Wildman–Crippen LogP) is 11.3. The third-order valence-electron chi connectivity index (χ3n) is 10.4. The first-order valence-electron chi connectivity index (χ1n) is 22.3. The van der Waals surface area contributed by atoms with Crippen LogP contribution in [0.3, 0.4) is 0 Å². The molecule has 6 aromatic rings. The molecule has 29 heteroatoms. The highest BCUT2D eigenvalue weighted by Crippen LogP contribution is 2.38. The van der Waals surface area contributed by atoms with Gasteiger partial charge in [0.1, 0.15) is 41.2 Å². The summed E-state index contributed by atoms with van der Waals surface area (Å²) in [6.07, 6.45) is 0. The van der Waals surface area contributed by atoms with Gasteiger partial charge in [-0.05, 0) is 83.1 Å². The summed E-state index contributed by atoms with van der Waals surface area (Å²) in [6, 6.07) is 15.9. The summed E-state index contributed by atoms with van der Waals surface area (Å²) in [4.78, 5) is 63.2. The van der Waals surface area contributed by atoms with Crippen molar-refractivity contribution in [2.45, 2.75) is 52.0 Å². The van der Waals surface area contributed by atoms with E-state index in [4.69, 9.17) is 146 Å². The number of nitrogens with zero attached hydrogens (tertiary/aromatic N) is 5. The molecule has 9 rings (SSSR count). The standard InChI is InChI=1S/C11H14ClNO3.C10H12ClNO3.C9H9Cl2NO2.C7H5Cl2NO.C6H3Cl2NO2.C6H5NO4/c1-7-8(11(2)15-4-5-16-11)6-9(12)13-10(7)14-3;1-10(14-3-4-15-10)7-5-8(11)12-9(6-7)13-2;1-9(13-2-3-14-9)6-4-7(10)12-8(11)5-6;1-4(11)5-2-6(8)10-7(9)3-5;7-4-1-3(6(10)11)2-5(8)9-4;8-4-1-3(6(10)11)2-5(9)7-4/h6H,4-5H2,1-3H3;5-6H,3-4H2,1-2H3;4-5H,2-3H2,1H3;2-3H,1H3;1-2H,(H,10,11);1-2H,(H,10,11)(H2,7,8,9). The lowest BCUT2D eigenvalue weighted by molar-refractivity contribution is -0.150. The average molecular weight is 1240 g/mol. The number of rotatable bonds is 8. The predicted molar refractivity (Wildman–Crippen MR) is 290 cm³/mol. The van der Waals surface area contributed by atoms with Crippen LogP contribution in [0.1, 0.15) is 81.0 Å². The molecule has 0 atom stereocenters. The molecule has 6 aromatic heterocycles. The second-order valence-corrected chi connectivity index (χ2v) is 19.2. The third-order valence-corrected chi connectivity index (χ3v) is 12.0.